The van der Waals surface area contributed by atoms with Crippen LogP contribution in [0, 0.1) is 11.6 Å². The van der Waals surface area contributed by atoms with E-state index in [2.05, 4.69) is 0 Å². The fourth-order valence-corrected chi connectivity index (χ4v) is 2.64. The largest absolute Gasteiger partial charge is 0.396 e. The summed E-state index contributed by atoms with van der Waals surface area (Å²) >= 11 is 0. The van der Waals surface area contributed by atoms with Crippen LogP contribution in [0.2, 0.25) is 0 Å². The van der Waals surface area contributed by atoms with Crippen molar-refractivity contribution in [2.24, 2.45) is 0 Å². The van der Waals surface area contributed by atoms with E-state index in [9.17, 15) is 19.0 Å². The van der Waals surface area contributed by atoms with Crippen molar-refractivity contribution >= 4 is 0 Å². The van der Waals surface area contributed by atoms with Crippen LogP contribution < -0.4 is 0 Å². The number of ether oxygens (including phenoxy) is 2. The maximum atomic E-state index is 14.1. The molecule has 0 aliphatic carbocycles. The second-order valence-electron chi connectivity index (χ2n) is 5.06. The summed E-state index contributed by atoms with van der Waals surface area (Å²) in [5, 5.41) is 18.5. The zero-order valence-corrected chi connectivity index (χ0v) is 12.3. The lowest BCUT2D eigenvalue weighted by Crippen LogP contribution is -2.39. The van der Waals surface area contributed by atoms with Crippen LogP contribution in [0.5, 0.6) is 0 Å². The first-order valence-corrected chi connectivity index (χ1v) is 7.30. The predicted molar refractivity (Wildman–Crippen MR) is 75.2 cm³/mol. The minimum Gasteiger partial charge on any atom is -0.396 e. The molecule has 1 heterocycles. The molecule has 1 atom stereocenters. The maximum Gasteiger partial charge on any atom is 0.170 e. The Morgan fingerprint density at radius 2 is 1.91 bits per heavy atom. The molecule has 0 aromatic heterocycles. The number of hydrogen-bond donors (Lipinski definition) is 2. The molecule has 1 aliphatic rings. The molecule has 1 fully saturated rings. The number of hydrogen-bond acceptors (Lipinski definition) is 5. The Hall–Kier alpha value is -1.12. The minimum absolute atomic E-state index is 0.147. The molecular formula is C15H21F2NO4. The van der Waals surface area contributed by atoms with Gasteiger partial charge in [0, 0.05) is 24.8 Å². The molecule has 22 heavy (non-hydrogen) atoms. The Kier molecular flexibility index (Phi) is 6.66. The first-order chi connectivity index (χ1) is 10.7. The molecule has 1 saturated heterocycles. The van der Waals surface area contributed by atoms with Crippen molar-refractivity contribution < 1.29 is 28.5 Å². The Morgan fingerprint density at radius 1 is 1.18 bits per heavy atom. The molecule has 1 aromatic carbocycles. The van der Waals surface area contributed by atoms with Gasteiger partial charge < -0.3 is 19.7 Å². The van der Waals surface area contributed by atoms with E-state index >= 15 is 0 Å². The molecular weight excluding hydrogens is 296 g/mol. The fourth-order valence-electron chi connectivity index (χ4n) is 2.64. The van der Waals surface area contributed by atoms with Crippen LogP contribution in [0.3, 0.4) is 0 Å². The molecule has 0 saturated carbocycles. The van der Waals surface area contributed by atoms with Crippen LogP contribution >= 0.6 is 0 Å². The summed E-state index contributed by atoms with van der Waals surface area (Å²) in [6, 6.07) is 3.40. The average molecular weight is 317 g/mol. The van der Waals surface area contributed by atoms with E-state index in [-0.39, 0.29) is 31.7 Å². The van der Waals surface area contributed by atoms with Gasteiger partial charge in [-0.2, -0.15) is 0 Å². The predicted octanol–water partition coefficient (Wildman–Crippen LogP) is 1.06. The van der Waals surface area contributed by atoms with E-state index in [1.807, 2.05) is 0 Å². The number of aliphatic hydroxyl groups excluding tert-OH is 2. The summed E-state index contributed by atoms with van der Waals surface area (Å²) in [6.45, 7) is 1.18. The lowest BCUT2D eigenvalue weighted by Gasteiger charge is -2.32. The molecule has 0 spiro atoms. The van der Waals surface area contributed by atoms with Gasteiger partial charge in [0.1, 0.15) is 0 Å². The second-order valence-corrected chi connectivity index (χ2v) is 5.06. The van der Waals surface area contributed by atoms with Gasteiger partial charge in [0.25, 0.3) is 0 Å². The van der Waals surface area contributed by atoms with Gasteiger partial charge in [-0.25, -0.2) is 8.78 Å². The normalized spacial score (nSPS) is 17.3. The van der Waals surface area contributed by atoms with Crippen LogP contribution in [0.4, 0.5) is 8.78 Å². The topological polar surface area (TPSA) is 62.2 Å². The van der Waals surface area contributed by atoms with Gasteiger partial charge in [0.15, 0.2) is 17.9 Å². The fraction of sp³-hybridized carbons (Fsp3) is 0.600. The van der Waals surface area contributed by atoms with E-state index in [0.717, 1.165) is 6.07 Å². The molecule has 2 rings (SSSR count). The Bertz CT molecular complexity index is 469. The molecule has 0 radical (unpaired) electrons. The van der Waals surface area contributed by atoms with Crippen molar-refractivity contribution in [3.8, 4) is 0 Å². The first kappa shape index (κ1) is 17.2. The van der Waals surface area contributed by atoms with Crippen molar-refractivity contribution in [3.63, 3.8) is 0 Å². The third kappa shape index (κ3) is 4.21. The molecule has 1 aromatic rings. The zero-order chi connectivity index (χ0) is 15.9. The Morgan fingerprint density at radius 3 is 2.55 bits per heavy atom. The van der Waals surface area contributed by atoms with E-state index in [1.165, 1.54) is 12.1 Å². The number of halogens is 2. The van der Waals surface area contributed by atoms with Crippen LogP contribution in [0.25, 0.3) is 0 Å². The van der Waals surface area contributed by atoms with Gasteiger partial charge in [0.2, 0.25) is 0 Å². The van der Waals surface area contributed by atoms with Crippen LogP contribution in [-0.4, -0.2) is 60.9 Å². The van der Waals surface area contributed by atoms with Crippen molar-refractivity contribution in [1.29, 1.82) is 0 Å². The van der Waals surface area contributed by atoms with Crippen molar-refractivity contribution in [2.75, 3.05) is 39.5 Å². The smallest absolute Gasteiger partial charge is 0.170 e. The van der Waals surface area contributed by atoms with E-state index in [1.54, 1.807) is 4.90 Å². The average Bonchev–Trinajstić information content (AvgIpc) is 3.01. The summed E-state index contributed by atoms with van der Waals surface area (Å²) in [7, 11) is 0. The van der Waals surface area contributed by atoms with Crippen LogP contribution in [0.1, 0.15) is 18.0 Å². The quantitative estimate of drug-likeness (QED) is 0.751. The van der Waals surface area contributed by atoms with Gasteiger partial charge in [-0.1, -0.05) is 12.1 Å². The number of nitrogens with zero attached hydrogens (tertiary/aromatic N) is 1. The van der Waals surface area contributed by atoms with E-state index in [0.29, 0.717) is 19.8 Å². The van der Waals surface area contributed by atoms with E-state index < -0.39 is 24.0 Å². The van der Waals surface area contributed by atoms with Crippen molar-refractivity contribution in [2.45, 2.75) is 18.8 Å². The number of rotatable bonds is 8. The molecule has 7 heteroatoms. The Labute approximate surface area is 128 Å². The maximum absolute atomic E-state index is 14.1. The highest BCUT2D eigenvalue weighted by Crippen LogP contribution is 2.28. The molecule has 2 N–H and O–H groups in total. The minimum atomic E-state index is -0.933. The third-order valence-electron chi connectivity index (χ3n) is 3.65. The molecule has 1 unspecified atom stereocenters. The van der Waals surface area contributed by atoms with Gasteiger partial charge >= 0.3 is 0 Å². The van der Waals surface area contributed by atoms with Crippen molar-refractivity contribution in [3.05, 3.63) is 35.4 Å². The number of benzene rings is 1. The molecule has 0 bridgehead atoms. The second kappa shape index (κ2) is 8.50. The summed E-state index contributed by atoms with van der Waals surface area (Å²) in [6.07, 6.45) is -0.253. The van der Waals surface area contributed by atoms with Gasteiger partial charge in [0.05, 0.1) is 26.4 Å². The standard InChI is InChI=1S/C15H21F2NO4/c16-12-3-1-2-11(15(12)17)13(4-6-19)18(5-7-20)10-14-21-8-9-22-14/h1-3,13-14,19-20H,4-10H2. The van der Waals surface area contributed by atoms with Gasteiger partial charge in [-0.15, -0.1) is 0 Å². The summed E-state index contributed by atoms with van der Waals surface area (Å²) in [5.41, 5.74) is 0.153. The molecule has 0 amide bonds. The third-order valence-corrected chi connectivity index (χ3v) is 3.65. The van der Waals surface area contributed by atoms with E-state index in [4.69, 9.17) is 9.47 Å². The SMILES string of the molecule is OCCC(c1cccc(F)c1F)N(CCO)CC1OCCO1. The summed E-state index contributed by atoms with van der Waals surface area (Å²) in [4.78, 5) is 1.74. The monoisotopic (exact) mass is 317 g/mol. The molecule has 5 nitrogen and oxygen atoms in total. The lowest BCUT2D eigenvalue weighted by molar-refractivity contribution is -0.0724. The molecule has 124 valence electrons. The van der Waals surface area contributed by atoms with Gasteiger partial charge in [-0.05, 0) is 12.5 Å². The van der Waals surface area contributed by atoms with Gasteiger partial charge in [-0.3, -0.25) is 4.90 Å². The molecule has 1 aliphatic heterocycles. The highest BCUT2D eigenvalue weighted by Gasteiger charge is 2.28. The van der Waals surface area contributed by atoms with Crippen LogP contribution in [-0.2, 0) is 9.47 Å². The lowest BCUT2D eigenvalue weighted by atomic mass is 10.0. The first-order valence-electron chi connectivity index (χ1n) is 7.30. The number of aliphatic hydroxyl groups is 2. The van der Waals surface area contributed by atoms with Crippen molar-refractivity contribution in [1.82, 2.24) is 4.90 Å². The Balaban J connectivity index is 2.22. The highest BCUT2D eigenvalue weighted by molar-refractivity contribution is 5.22. The zero-order valence-electron chi connectivity index (χ0n) is 12.3. The van der Waals surface area contributed by atoms with Crippen LogP contribution in [0.15, 0.2) is 18.2 Å². The summed E-state index contributed by atoms with van der Waals surface area (Å²) in [5.74, 6) is -1.87. The summed E-state index contributed by atoms with van der Waals surface area (Å²) < 4.78 is 38.3. The highest BCUT2D eigenvalue weighted by atomic mass is 19.2.